The normalized spacial score (nSPS) is 11.7. The zero-order chi connectivity index (χ0) is 19.3. The van der Waals surface area contributed by atoms with Gasteiger partial charge in [-0.1, -0.05) is 0 Å². The first kappa shape index (κ1) is 18.1. The number of aromatic nitrogens is 4. The van der Waals surface area contributed by atoms with Gasteiger partial charge < -0.3 is 0 Å². The van der Waals surface area contributed by atoms with E-state index in [1.807, 2.05) is 27.7 Å². The molecule has 4 aromatic heterocycles. The molecule has 0 amide bonds. The summed E-state index contributed by atoms with van der Waals surface area (Å²) in [6.45, 7) is 8.98. The fourth-order valence-electron chi connectivity index (χ4n) is 3.27. The molecule has 4 rings (SSSR count). The van der Waals surface area contributed by atoms with Crippen LogP contribution in [-0.2, 0) is 13.1 Å². The van der Waals surface area contributed by atoms with E-state index in [1.165, 1.54) is 0 Å². The third-order valence-electron chi connectivity index (χ3n) is 5.11. The lowest BCUT2D eigenvalue weighted by molar-refractivity contribution is 0.539. The summed E-state index contributed by atoms with van der Waals surface area (Å²) >= 11 is 3.10. The third kappa shape index (κ3) is 2.93. The molecule has 0 aliphatic carbocycles. The molecule has 0 radical (unpaired) electrons. The van der Waals surface area contributed by atoms with Gasteiger partial charge in [0.1, 0.15) is 9.66 Å². The molecule has 0 unspecified atom stereocenters. The molecule has 0 atom stereocenters. The average molecular weight is 401 g/mol. The summed E-state index contributed by atoms with van der Waals surface area (Å²) < 4.78 is 3.27. The highest BCUT2D eigenvalue weighted by atomic mass is 32.1. The minimum Gasteiger partial charge on any atom is -0.299 e. The Kier molecular flexibility index (Phi) is 4.47. The molecule has 0 saturated heterocycles. The molecule has 140 valence electrons. The Morgan fingerprint density at radius 2 is 1.19 bits per heavy atom. The standard InChI is InChI=1S/C19H20N4O2S2/c1-10-12(3)26-16-14(10)18(24)22(8-20-16)6-5-7-23-9-21-17-15(19(23)25)11(2)13(4)27-17/h8-9H,5-7H2,1-4H3. The lowest BCUT2D eigenvalue weighted by atomic mass is 10.2. The Morgan fingerprint density at radius 3 is 1.59 bits per heavy atom. The molecule has 0 fully saturated rings. The smallest absolute Gasteiger partial charge is 0.262 e. The molecule has 0 aliphatic rings. The topological polar surface area (TPSA) is 69.8 Å². The number of rotatable bonds is 4. The van der Waals surface area contributed by atoms with Gasteiger partial charge in [0.2, 0.25) is 0 Å². The fraction of sp³-hybridized carbons (Fsp3) is 0.368. The lowest BCUT2D eigenvalue weighted by Gasteiger charge is -2.08. The zero-order valence-corrected chi connectivity index (χ0v) is 17.3. The summed E-state index contributed by atoms with van der Waals surface area (Å²) in [5.41, 5.74) is 2.01. The minimum atomic E-state index is -0.00734. The molecular weight excluding hydrogens is 380 g/mol. The number of nitrogens with zero attached hydrogens (tertiary/aromatic N) is 4. The lowest BCUT2D eigenvalue weighted by Crippen LogP contribution is -2.24. The molecule has 0 aromatic carbocycles. The van der Waals surface area contributed by atoms with Crippen molar-refractivity contribution in [2.75, 3.05) is 0 Å². The molecule has 0 spiro atoms. The van der Waals surface area contributed by atoms with Crippen molar-refractivity contribution < 1.29 is 0 Å². The highest BCUT2D eigenvalue weighted by molar-refractivity contribution is 7.19. The van der Waals surface area contributed by atoms with E-state index < -0.39 is 0 Å². The van der Waals surface area contributed by atoms with Crippen LogP contribution < -0.4 is 11.1 Å². The van der Waals surface area contributed by atoms with Crippen molar-refractivity contribution in [3.8, 4) is 0 Å². The van der Waals surface area contributed by atoms with E-state index >= 15 is 0 Å². The van der Waals surface area contributed by atoms with Crippen molar-refractivity contribution in [1.82, 2.24) is 19.1 Å². The molecule has 0 bridgehead atoms. The number of thiophene rings is 2. The van der Waals surface area contributed by atoms with Crippen LogP contribution in [-0.4, -0.2) is 19.1 Å². The molecule has 0 aliphatic heterocycles. The van der Waals surface area contributed by atoms with Crippen molar-refractivity contribution in [2.24, 2.45) is 0 Å². The van der Waals surface area contributed by atoms with Gasteiger partial charge in [0.25, 0.3) is 11.1 Å². The molecule has 4 heterocycles. The largest absolute Gasteiger partial charge is 0.299 e. The van der Waals surface area contributed by atoms with E-state index in [0.717, 1.165) is 30.5 Å². The summed E-state index contributed by atoms with van der Waals surface area (Å²) in [6.07, 6.45) is 3.87. The highest BCUT2D eigenvalue weighted by Crippen LogP contribution is 2.26. The quantitative estimate of drug-likeness (QED) is 0.525. The molecule has 0 N–H and O–H groups in total. The van der Waals surface area contributed by atoms with Crippen molar-refractivity contribution in [3.63, 3.8) is 0 Å². The van der Waals surface area contributed by atoms with Crippen LogP contribution in [0.5, 0.6) is 0 Å². The maximum Gasteiger partial charge on any atom is 0.262 e. The van der Waals surface area contributed by atoms with E-state index in [9.17, 15) is 9.59 Å². The summed E-state index contributed by atoms with van der Waals surface area (Å²) in [5, 5.41) is 1.43. The van der Waals surface area contributed by atoms with Crippen LogP contribution in [0, 0.1) is 27.7 Å². The summed E-state index contributed by atoms with van der Waals surface area (Å²) in [7, 11) is 0. The predicted octanol–water partition coefficient (Wildman–Crippen LogP) is 3.55. The monoisotopic (exact) mass is 400 g/mol. The van der Waals surface area contributed by atoms with Gasteiger partial charge in [0, 0.05) is 22.8 Å². The Hall–Kier alpha value is -2.32. The Balaban J connectivity index is 1.59. The average Bonchev–Trinajstić information content (AvgIpc) is 3.09. The Labute approximate surface area is 163 Å². The van der Waals surface area contributed by atoms with E-state index in [-0.39, 0.29) is 11.1 Å². The van der Waals surface area contributed by atoms with E-state index in [1.54, 1.807) is 44.5 Å². The van der Waals surface area contributed by atoms with Crippen molar-refractivity contribution in [3.05, 3.63) is 54.2 Å². The third-order valence-corrected chi connectivity index (χ3v) is 7.34. The van der Waals surface area contributed by atoms with Gasteiger partial charge >= 0.3 is 0 Å². The maximum absolute atomic E-state index is 12.7. The van der Waals surface area contributed by atoms with Gasteiger partial charge in [0.05, 0.1) is 23.4 Å². The summed E-state index contributed by atoms with van der Waals surface area (Å²) in [5.74, 6) is 0. The number of aryl methyl sites for hydroxylation is 6. The van der Waals surface area contributed by atoms with Crippen LogP contribution >= 0.6 is 22.7 Å². The first-order chi connectivity index (χ1) is 12.9. The van der Waals surface area contributed by atoms with Crippen LogP contribution in [0.15, 0.2) is 22.2 Å². The van der Waals surface area contributed by atoms with E-state index in [4.69, 9.17) is 0 Å². The second kappa shape index (κ2) is 6.69. The highest BCUT2D eigenvalue weighted by Gasteiger charge is 2.13. The SMILES string of the molecule is Cc1sc2ncn(CCCn3cnc4sc(C)c(C)c4c3=O)c(=O)c2c1C. The first-order valence-corrected chi connectivity index (χ1v) is 10.4. The summed E-state index contributed by atoms with van der Waals surface area (Å²) in [4.78, 5) is 38.2. The minimum absolute atomic E-state index is 0.00734. The molecule has 6 nitrogen and oxygen atoms in total. The number of hydrogen-bond donors (Lipinski definition) is 0. The van der Waals surface area contributed by atoms with Gasteiger partial charge in [0.15, 0.2) is 0 Å². The van der Waals surface area contributed by atoms with Crippen molar-refractivity contribution in [1.29, 1.82) is 0 Å². The van der Waals surface area contributed by atoms with Gasteiger partial charge in [-0.05, 0) is 45.2 Å². The van der Waals surface area contributed by atoms with E-state index in [2.05, 4.69) is 9.97 Å². The van der Waals surface area contributed by atoms with Crippen LogP contribution in [0.2, 0.25) is 0 Å². The van der Waals surface area contributed by atoms with Crippen LogP contribution in [0.1, 0.15) is 27.3 Å². The van der Waals surface area contributed by atoms with Crippen molar-refractivity contribution >= 4 is 43.1 Å². The second-order valence-electron chi connectivity index (χ2n) is 6.77. The number of fused-ring (bicyclic) bond motifs is 2. The fourth-order valence-corrected chi connectivity index (χ4v) is 5.24. The zero-order valence-electron chi connectivity index (χ0n) is 15.7. The van der Waals surface area contributed by atoms with Gasteiger partial charge in [-0.2, -0.15) is 0 Å². The van der Waals surface area contributed by atoms with Crippen LogP contribution in [0.3, 0.4) is 0 Å². The molecule has 27 heavy (non-hydrogen) atoms. The van der Waals surface area contributed by atoms with Gasteiger partial charge in [-0.15, -0.1) is 22.7 Å². The van der Waals surface area contributed by atoms with Gasteiger partial charge in [-0.3, -0.25) is 18.7 Å². The molecule has 0 saturated carbocycles. The van der Waals surface area contributed by atoms with Crippen molar-refractivity contribution in [2.45, 2.75) is 47.2 Å². The predicted molar refractivity (Wildman–Crippen MR) is 111 cm³/mol. The van der Waals surface area contributed by atoms with Gasteiger partial charge in [-0.25, -0.2) is 9.97 Å². The second-order valence-corrected chi connectivity index (χ2v) is 9.17. The molecule has 8 heteroatoms. The summed E-state index contributed by atoms with van der Waals surface area (Å²) in [6, 6.07) is 0. The molecular formula is C19H20N4O2S2. The number of hydrogen-bond acceptors (Lipinski definition) is 6. The Morgan fingerprint density at radius 1 is 0.778 bits per heavy atom. The van der Waals surface area contributed by atoms with Crippen LogP contribution in [0.4, 0.5) is 0 Å². The maximum atomic E-state index is 12.7. The van der Waals surface area contributed by atoms with Crippen LogP contribution in [0.25, 0.3) is 20.4 Å². The van der Waals surface area contributed by atoms with E-state index in [0.29, 0.717) is 30.3 Å². The Bertz CT molecular complexity index is 1190. The molecule has 4 aromatic rings. The first-order valence-electron chi connectivity index (χ1n) is 8.78.